The normalized spacial score (nSPS) is 8.75. The molecular formula is C4H8O2P2. The third-order valence-corrected chi connectivity index (χ3v) is 1.20. The lowest BCUT2D eigenvalue weighted by Gasteiger charge is -1.86. The van der Waals surface area contributed by atoms with Gasteiger partial charge in [0.1, 0.15) is 11.0 Å². The van der Waals surface area contributed by atoms with Crippen molar-refractivity contribution in [3.8, 4) is 0 Å². The molecule has 0 bridgehead atoms. The van der Waals surface area contributed by atoms with Crippen molar-refractivity contribution in [2.24, 2.45) is 0 Å². The van der Waals surface area contributed by atoms with Gasteiger partial charge in [0.15, 0.2) is 0 Å². The molecule has 0 aromatic heterocycles. The fraction of sp³-hybridized carbons (Fsp3) is 0.500. The first kappa shape index (κ1) is 8.20. The van der Waals surface area contributed by atoms with Gasteiger partial charge in [0, 0.05) is 12.8 Å². The van der Waals surface area contributed by atoms with Gasteiger partial charge in [-0.1, -0.05) is 18.5 Å². The van der Waals surface area contributed by atoms with Crippen LogP contribution in [0.2, 0.25) is 0 Å². The molecule has 0 radical (unpaired) electrons. The number of rotatable bonds is 3. The minimum absolute atomic E-state index is 0.0131. The van der Waals surface area contributed by atoms with Crippen LogP contribution in [-0.4, -0.2) is 11.0 Å². The minimum atomic E-state index is -0.0131. The summed E-state index contributed by atoms with van der Waals surface area (Å²) in [6, 6.07) is 0. The SMILES string of the molecule is O=C(P)CCC(=O)P. The first-order valence-electron chi connectivity index (χ1n) is 2.19. The summed E-state index contributed by atoms with van der Waals surface area (Å²) in [5, 5.41) is 0. The standard InChI is InChI=1S/C4H8O2P2/c5-3(7)1-2-4(6)8/h1-2,7-8H2. The van der Waals surface area contributed by atoms with E-state index < -0.39 is 0 Å². The number of hydrogen-bond donors (Lipinski definition) is 0. The van der Waals surface area contributed by atoms with Crippen LogP contribution in [0.1, 0.15) is 12.8 Å². The highest BCUT2D eigenvalue weighted by atomic mass is 31.0. The van der Waals surface area contributed by atoms with Crippen LogP contribution in [-0.2, 0) is 9.59 Å². The third kappa shape index (κ3) is 6.20. The Labute approximate surface area is 52.8 Å². The zero-order chi connectivity index (χ0) is 6.57. The average molecular weight is 150 g/mol. The van der Waals surface area contributed by atoms with Gasteiger partial charge in [-0.3, -0.25) is 9.59 Å². The second-order valence-electron chi connectivity index (χ2n) is 1.43. The highest BCUT2D eigenvalue weighted by molar-refractivity contribution is 7.41. The largest absolute Gasteiger partial charge is 0.295 e. The highest BCUT2D eigenvalue weighted by Crippen LogP contribution is 2.00. The Bertz CT molecular complexity index is 96.6. The average Bonchev–Trinajstić information content (AvgIpc) is 1.61. The Balaban J connectivity index is 3.18. The van der Waals surface area contributed by atoms with Crippen LogP contribution in [0.15, 0.2) is 0 Å². The van der Waals surface area contributed by atoms with Gasteiger partial charge >= 0.3 is 0 Å². The van der Waals surface area contributed by atoms with Crippen molar-refractivity contribution in [1.29, 1.82) is 0 Å². The van der Waals surface area contributed by atoms with Gasteiger partial charge in [-0.2, -0.15) is 0 Å². The molecule has 2 unspecified atom stereocenters. The van der Waals surface area contributed by atoms with E-state index in [2.05, 4.69) is 0 Å². The smallest absolute Gasteiger partial charge is 0.148 e. The van der Waals surface area contributed by atoms with Gasteiger partial charge < -0.3 is 0 Å². The van der Waals surface area contributed by atoms with Crippen LogP contribution >= 0.6 is 18.5 Å². The molecule has 0 aliphatic heterocycles. The Morgan fingerprint density at radius 1 is 1.00 bits per heavy atom. The number of carbonyl (C=O) groups excluding carboxylic acids is 2. The van der Waals surface area contributed by atoms with Crippen LogP contribution in [0.5, 0.6) is 0 Å². The maximum Gasteiger partial charge on any atom is 0.148 e. The molecule has 0 heterocycles. The highest BCUT2D eigenvalue weighted by Gasteiger charge is 1.95. The van der Waals surface area contributed by atoms with E-state index in [1.54, 1.807) is 0 Å². The lowest BCUT2D eigenvalue weighted by molar-refractivity contribution is -0.115. The van der Waals surface area contributed by atoms with Crippen LogP contribution < -0.4 is 0 Å². The molecule has 0 aliphatic carbocycles. The monoisotopic (exact) mass is 150 g/mol. The summed E-state index contributed by atoms with van der Waals surface area (Å²) >= 11 is 0. The maximum atomic E-state index is 10.1. The van der Waals surface area contributed by atoms with E-state index in [1.807, 2.05) is 18.5 Å². The minimum Gasteiger partial charge on any atom is -0.295 e. The van der Waals surface area contributed by atoms with E-state index in [-0.39, 0.29) is 11.0 Å². The molecule has 0 saturated heterocycles. The first-order chi connectivity index (χ1) is 3.63. The van der Waals surface area contributed by atoms with E-state index in [0.29, 0.717) is 12.8 Å². The van der Waals surface area contributed by atoms with Gasteiger partial charge in [0.2, 0.25) is 0 Å². The summed E-state index contributed by atoms with van der Waals surface area (Å²) < 4.78 is 0. The van der Waals surface area contributed by atoms with Crippen molar-refractivity contribution in [1.82, 2.24) is 0 Å². The zero-order valence-corrected chi connectivity index (χ0v) is 6.69. The van der Waals surface area contributed by atoms with Crippen molar-refractivity contribution in [3.63, 3.8) is 0 Å². The Hall–Kier alpha value is 0.200. The molecule has 0 saturated carbocycles. The fourth-order valence-corrected chi connectivity index (χ4v) is 0.535. The molecule has 0 N–H and O–H groups in total. The van der Waals surface area contributed by atoms with E-state index in [4.69, 9.17) is 0 Å². The van der Waals surface area contributed by atoms with Gasteiger partial charge in [-0.15, -0.1) is 0 Å². The fourth-order valence-electron chi connectivity index (χ4n) is 0.246. The van der Waals surface area contributed by atoms with Crippen molar-refractivity contribution < 1.29 is 9.59 Å². The summed E-state index contributed by atoms with van der Waals surface area (Å²) in [6.07, 6.45) is 0.681. The predicted octanol–water partition coefficient (Wildman–Crippen LogP) is 0.570. The molecule has 46 valence electrons. The molecule has 0 fully saturated rings. The molecule has 0 spiro atoms. The van der Waals surface area contributed by atoms with Crippen LogP contribution in [0.3, 0.4) is 0 Å². The van der Waals surface area contributed by atoms with Crippen LogP contribution in [0.4, 0.5) is 0 Å². The van der Waals surface area contributed by atoms with Crippen molar-refractivity contribution >= 4 is 29.5 Å². The van der Waals surface area contributed by atoms with Crippen LogP contribution in [0, 0.1) is 0 Å². The molecular weight excluding hydrogens is 142 g/mol. The van der Waals surface area contributed by atoms with E-state index >= 15 is 0 Å². The van der Waals surface area contributed by atoms with Gasteiger partial charge in [0.25, 0.3) is 0 Å². The summed E-state index contributed by atoms with van der Waals surface area (Å²) in [7, 11) is 4.05. The molecule has 0 aromatic rings. The molecule has 8 heavy (non-hydrogen) atoms. The molecule has 0 aliphatic rings. The van der Waals surface area contributed by atoms with E-state index in [0.717, 1.165) is 0 Å². The predicted molar refractivity (Wildman–Crippen MR) is 38.7 cm³/mol. The quantitative estimate of drug-likeness (QED) is 0.551. The van der Waals surface area contributed by atoms with Gasteiger partial charge in [0.05, 0.1) is 0 Å². The lowest BCUT2D eigenvalue weighted by Crippen LogP contribution is -1.89. The Morgan fingerprint density at radius 2 is 1.25 bits per heavy atom. The molecule has 0 rings (SSSR count). The number of carbonyl (C=O) groups is 2. The molecule has 4 heteroatoms. The summed E-state index contributed by atoms with van der Waals surface area (Å²) in [4.78, 5) is 20.3. The first-order valence-corrected chi connectivity index (χ1v) is 3.35. The molecule has 2 atom stereocenters. The number of hydrogen-bond acceptors (Lipinski definition) is 2. The second-order valence-corrected chi connectivity index (χ2v) is 2.72. The van der Waals surface area contributed by atoms with Gasteiger partial charge in [-0.25, -0.2) is 0 Å². The van der Waals surface area contributed by atoms with Crippen LogP contribution in [0.25, 0.3) is 0 Å². The lowest BCUT2D eigenvalue weighted by atomic mass is 10.4. The van der Waals surface area contributed by atoms with Crippen molar-refractivity contribution in [2.75, 3.05) is 0 Å². The van der Waals surface area contributed by atoms with E-state index in [9.17, 15) is 9.59 Å². The topological polar surface area (TPSA) is 34.1 Å². The third-order valence-electron chi connectivity index (χ3n) is 0.618. The van der Waals surface area contributed by atoms with Crippen molar-refractivity contribution in [2.45, 2.75) is 12.8 Å². The van der Waals surface area contributed by atoms with Gasteiger partial charge in [-0.05, 0) is 0 Å². The Kier molecular flexibility index (Phi) is 4.22. The van der Waals surface area contributed by atoms with Crippen molar-refractivity contribution in [3.05, 3.63) is 0 Å². The molecule has 0 amide bonds. The second kappa shape index (κ2) is 4.12. The maximum absolute atomic E-state index is 10.1. The summed E-state index contributed by atoms with van der Waals surface area (Å²) in [5.41, 5.74) is -0.0263. The summed E-state index contributed by atoms with van der Waals surface area (Å²) in [5.74, 6) is 0. The molecule has 2 nitrogen and oxygen atoms in total. The van der Waals surface area contributed by atoms with E-state index in [1.165, 1.54) is 0 Å². The Morgan fingerprint density at radius 3 is 1.38 bits per heavy atom. The summed E-state index contributed by atoms with van der Waals surface area (Å²) in [6.45, 7) is 0. The zero-order valence-electron chi connectivity index (χ0n) is 4.39. The molecule has 0 aromatic carbocycles.